The normalized spacial score (nSPS) is 13.3. The number of H-pyrrole nitrogens is 1. The molecule has 6 nitrogen and oxygen atoms in total. The molecule has 0 aliphatic heterocycles. The topological polar surface area (TPSA) is 80.2 Å². The fourth-order valence-corrected chi connectivity index (χ4v) is 3.49. The van der Waals surface area contributed by atoms with Gasteiger partial charge in [-0.2, -0.15) is 0 Å². The first-order chi connectivity index (χ1) is 13.7. The van der Waals surface area contributed by atoms with Crippen LogP contribution in [0.2, 0.25) is 0 Å². The van der Waals surface area contributed by atoms with Gasteiger partial charge in [0.15, 0.2) is 6.21 Å². The number of aromatic amines is 1. The van der Waals surface area contributed by atoms with Crippen molar-refractivity contribution in [3.05, 3.63) is 74.6 Å². The van der Waals surface area contributed by atoms with Crippen molar-refractivity contribution in [1.82, 2.24) is 10.3 Å². The lowest BCUT2D eigenvalue weighted by molar-refractivity contribution is -0.500. The molecule has 0 fully saturated rings. The Morgan fingerprint density at radius 1 is 1.28 bits per heavy atom. The summed E-state index contributed by atoms with van der Waals surface area (Å²) in [6.07, 6.45) is 2.81. The molecule has 1 aromatic heterocycles. The Morgan fingerprint density at radius 2 is 2.00 bits per heavy atom. The molecule has 0 saturated carbocycles. The lowest BCUT2D eigenvalue weighted by Gasteiger charge is -2.21. The Kier molecular flexibility index (Phi) is 6.46. The SMILES string of the molecule is CC(C)(C)OC(=O)NCC(c1c[nH]c2ccc(I)cc12)[N+]([O-])=Cc1ccccc1. The number of alkyl carbamates (subject to hydrolysis) is 1. The molecule has 1 unspecified atom stereocenters. The molecule has 0 bridgehead atoms. The number of carbonyl (C=O) groups is 1. The van der Waals surface area contributed by atoms with Crippen molar-refractivity contribution < 1.29 is 14.3 Å². The van der Waals surface area contributed by atoms with Gasteiger partial charge in [0.1, 0.15) is 5.60 Å². The summed E-state index contributed by atoms with van der Waals surface area (Å²) in [5.41, 5.74) is 1.94. The molecule has 0 radical (unpaired) electrons. The van der Waals surface area contributed by atoms with Gasteiger partial charge in [0.25, 0.3) is 0 Å². The van der Waals surface area contributed by atoms with Crippen LogP contribution in [0, 0.1) is 8.78 Å². The van der Waals surface area contributed by atoms with Gasteiger partial charge in [0, 0.05) is 31.8 Å². The molecule has 1 heterocycles. The molecule has 2 N–H and O–H groups in total. The Morgan fingerprint density at radius 3 is 2.69 bits per heavy atom. The van der Waals surface area contributed by atoms with E-state index in [-0.39, 0.29) is 6.54 Å². The third-order valence-electron chi connectivity index (χ3n) is 4.26. The molecule has 29 heavy (non-hydrogen) atoms. The van der Waals surface area contributed by atoms with Crippen molar-refractivity contribution in [3.63, 3.8) is 0 Å². The minimum absolute atomic E-state index is 0.111. The summed E-state index contributed by atoms with van der Waals surface area (Å²) in [6, 6.07) is 14.8. The molecular weight excluding hydrogens is 481 g/mol. The molecule has 1 amide bonds. The quantitative estimate of drug-likeness (QED) is 0.169. The molecule has 3 aromatic rings. The predicted molar refractivity (Wildman–Crippen MR) is 123 cm³/mol. The van der Waals surface area contributed by atoms with Crippen LogP contribution in [-0.4, -0.2) is 34.2 Å². The first-order valence-electron chi connectivity index (χ1n) is 9.32. The lowest BCUT2D eigenvalue weighted by atomic mass is 10.1. The number of hydrogen-bond acceptors (Lipinski definition) is 3. The number of hydrogen-bond donors (Lipinski definition) is 2. The lowest BCUT2D eigenvalue weighted by Crippen LogP contribution is -2.36. The Bertz CT molecular complexity index is 1020. The van der Waals surface area contributed by atoms with Crippen molar-refractivity contribution in [3.8, 4) is 0 Å². The number of nitrogens with zero attached hydrogens (tertiary/aromatic N) is 1. The smallest absolute Gasteiger partial charge is 0.407 e. The summed E-state index contributed by atoms with van der Waals surface area (Å²) in [6.45, 7) is 5.51. The summed E-state index contributed by atoms with van der Waals surface area (Å²) in [4.78, 5) is 15.4. The van der Waals surface area contributed by atoms with E-state index in [2.05, 4.69) is 32.9 Å². The first-order valence-corrected chi connectivity index (χ1v) is 10.4. The number of ether oxygens (including phenoxy) is 1. The second kappa shape index (κ2) is 8.86. The second-order valence-corrected chi connectivity index (χ2v) is 8.98. The van der Waals surface area contributed by atoms with Crippen molar-refractivity contribution in [1.29, 1.82) is 0 Å². The zero-order valence-corrected chi connectivity index (χ0v) is 18.8. The zero-order chi connectivity index (χ0) is 21.0. The number of amides is 1. The molecule has 0 spiro atoms. The van der Waals surface area contributed by atoms with Crippen LogP contribution in [-0.2, 0) is 4.74 Å². The number of hydroxylamine groups is 1. The van der Waals surface area contributed by atoms with Gasteiger partial charge in [-0.1, -0.05) is 18.2 Å². The summed E-state index contributed by atoms with van der Waals surface area (Å²) in [5.74, 6) is 0. The summed E-state index contributed by atoms with van der Waals surface area (Å²) >= 11 is 2.25. The Labute approximate surface area is 183 Å². The van der Waals surface area contributed by atoms with Crippen molar-refractivity contribution >= 4 is 45.8 Å². The largest absolute Gasteiger partial charge is 0.623 e. The number of aromatic nitrogens is 1. The standard InChI is InChI=1S/C22H24IN3O3/c1-22(2,3)29-21(27)25-13-20(26(28)14-15-7-5-4-6-8-15)18-12-24-19-10-9-16(23)11-17(18)19/h4-12,14,20,24H,13H2,1-3H3,(H,25,27). The number of carbonyl (C=O) groups excluding carboxylic acids is 1. The van der Waals surface area contributed by atoms with Crippen LogP contribution in [0.1, 0.15) is 37.9 Å². The second-order valence-electron chi connectivity index (χ2n) is 7.73. The third kappa shape index (κ3) is 5.72. The fraction of sp³-hybridized carbons (Fsp3) is 0.273. The van der Waals surface area contributed by atoms with E-state index in [4.69, 9.17) is 4.74 Å². The van der Waals surface area contributed by atoms with Gasteiger partial charge in [-0.25, -0.2) is 9.53 Å². The van der Waals surface area contributed by atoms with E-state index in [1.54, 1.807) is 20.8 Å². The van der Waals surface area contributed by atoms with Crippen molar-refractivity contribution in [2.24, 2.45) is 0 Å². The van der Waals surface area contributed by atoms with Gasteiger partial charge in [-0.05, 0) is 73.7 Å². The monoisotopic (exact) mass is 505 g/mol. The first kappa shape index (κ1) is 21.2. The van der Waals surface area contributed by atoms with Gasteiger partial charge in [-0.15, -0.1) is 0 Å². The molecule has 0 aliphatic rings. The fourth-order valence-electron chi connectivity index (χ4n) is 3.00. The van der Waals surface area contributed by atoms with Crippen LogP contribution in [0.3, 0.4) is 0 Å². The van der Waals surface area contributed by atoms with Crippen LogP contribution < -0.4 is 5.32 Å². The maximum absolute atomic E-state index is 13.1. The minimum atomic E-state index is -0.616. The van der Waals surface area contributed by atoms with E-state index < -0.39 is 17.7 Å². The van der Waals surface area contributed by atoms with E-state index in [0.29, 0.717) is 0 Å². The minimum Gasteiger partial charge on any atom is -0.623 e. The van der Waals surface area contributed by atoms with Crippen molar-refractivity contribution in [2.75, 3.05) is 6.54 Å². The number of fused-ring (bicyclic) bond motifs is 1. The average Bonchev–Trinajstić information content (AvgIpc) is 3.04. The zero-order valence-electron chi connectivity index (χ0n) is 16.6. The Balaban J connectivity index is 1.93. The highest BCUT2D eigenvalue weighted by molar-refractivity contribution is 14.1. The van der Waals surface area contributed by atoms with Gasteiger partial charge < -0.3 is 20.2 Å². The predicted octanol–water partition coefficient (Wildman–Crippen LogP) is 4.97. The van der Waals surface area contributed by atoms with Gasteiger partial charge in [-0.3, -0.25) is 0 Å². The molecule has 2 aromatic carbocycles. The van der Waals surface area contributed by atoms with Crippen LogP contribution in [0.5, 0.6) is 0 Å². The van der Waals surface area contributed by atoms with E-state index in [0.717, 1.165) is 30.3 Å². The number of halogens is 1. The highest BCUT2D eigenvalue weighted by Gasteiger charge is 2.25. The highest BCUT2D eigenvalue weighted by Crippen LogP contribution is 2.27. The summed E-state index contributed by atoms with van der Waals surface area (Å²) in [5, 5.41) is 16.8. The van der Waals surface area contributed by atoms with Gasteiger partial charge >= 0.3 is 6.09 Å². The summed E-state index contributed by atoms with van der Waals surface area (Å²) < 4.78 is 7.27. The van der Waals surface area contributed by atoms with E-state index in [1.165, 1.54) is 6.21 Å². The van der Waals surface area contributed by atoms with E-state index in [9.17, 15) is 10.0 Å². The number of rotatable bonds is 5. The van der Waals surface area contributed by atoms with Crippen LogP contribution in [0.4, 0.5) is 4.79 Å². The summed E-state index contributed by atoms with van der Waals surface area (Å²) in [7, 11) is 0. The molecule has 1 atom stereocenters. The molecule has 152 valence electrons. The number of nitrogens with one attached hydrogen (secondary N) is 2. The molecule has 0 aliphatic carbocycles. The van der Waals surface area contributed by atoms with Crippen molar-refractivity contribution in [2.45, 2.75) is 32.4 Å². The maximum Gasteiger partial charge on any atom is 0.407 e. The molecule has 7 heteroatoms. The van der Waals surface area contributed by atoms with Gasteiger partial charge in [0.05, 0.1) is 6.54 Å². The molecule has 0 saturated heterocycles. The third-order valence-corrected chi connectivity index (χ3v) is 4.93. The van der Waals surface area contributed by atoms with Crippen LogP contribution in [0.15, 0.2) is 54.7 Å². The van der Waals surface area contributed by atoms with Crippen LogP contribution in [0.25, 0.3) is 10.9 Å². The maximum atomic E-state index is 13.1. The average molecular weight is 505 g/mol. The van der Waals surface area contributed by atoms with Crippen LogP contribution >= 0.6 is 22.6 Å². The molecule has 3 rings (SSSR count). The van der Waals surface area contributed by atoms with E-state index >= 15 is 0 Å². The molecular formula is C22H24IN3O3. The highest BCUT2D eigenvalue weighted by atomic mass is 127. The number of benzene rings is 2. The van der Waals surface area contributed by atoms with E-state index in [1.807, 2.05) is 54.7 Å². The van der Waals surface area contributed by atoms with Gasteiger partial charge in [0.2, 0.25) is 6.04 Å². The Hall–Kier alpha value is -2.55.